The Morgan fingerprint density at radius 2 is 1.86 bits per heavy atom. The number of amides is 3. The topological polar surface area (TPSA) is 82.2 Å². The molecule has 0 unspecified atom stereocenters. The fourth-order valence-electron chi connectivity index (χ4n) is 3.67. The highest BCUT2D eigenvalue weighted by Gasteiger charge is 2.27. The number of piperazine rings is 1. The number of methoxy groups -OCH3 is 1. The Bertz CT molecular complexity index is 716. The molecule has 2 saturated heterocycles. The molecule has 0 bridgehead atoms. The summed E-state index contributed by atoms with van der Waals surface area (Å²) in [5.74, 6) is -0.0813. The zero-order chi connectivity index (χ0) is 19.9. The van der Waals surface area contributed by atoms with Crippen LogP contribution in [0.4, 0.5) is 5.69 Å². The second-order valence-corrected chi connectivity index (χ2v) is 7.04. The minimum Gasteiger partial charge on any atom is -0.495 e. The summed E-state index contributed by atoms with van der Waals surface area (Å²) in [5, 5.41) is 2.68. The average Bonchev–Trinajstić information content (AvgIpc) is 3.15. The first-order valence-electron chi connectivity index (χ1n) is 9.83. The fourth-order valence-corrected chi connectivity index (χ4v) is 3.67. The quantitative estimate of drug-likeness (QED) is 0.566. The maximum Gasteiger partial charge on any atom is 0.312 e. The van der Waals surface area contributed by atoms with Crippen molar-refractivity contribution < 1.29 is 19.1 Å². The highest BCUT2D eigenvalue weighted by atomic mass is 16.5. The molecule has 0 aromatic heterocycles. The van der Waals surface area contributed by atoms with Gasteiger partial charge in [0.15, 0.2) is 0 Å². The van der Waals surface area contributed by atoms with E-state index in [0.717, 1.165) is 24.4 Å². The van der Waals surface area contributed by atoms with E-state index in [1.54, 1.807) is 12.0 Å². The van der Waals surface area contributed by atoms with Gasteiger partial charge in [-0.2, -0.15) is 0 Å². The number of para-hydroxylation sites is 2. The summed E-state index contributed by atoms with van der Waals surface area (Å²) in [6.07, 6.45) is 2.18. The van der Waals surface area contributed by atoms with Gasteiger partial charge in [-0.1, -0.05) is 12.1 Å². The fraction of sp³-hybridized carbons (Fsp3) is 0.550. The van der Waals surface area contributed by atoms with Gasteiger partial charge < -0.3 is 24.8 Å². The van der Waals surface area contributed by atoms with Crippen LogP contribution in [0.15, 0.2) is 24.3 Å². The number of hydrogen-bond donors (Lipinski definition) is 1. The summed E-state index contributed by atoms with van der Waals surface area (Å²) in [6.45, 7) is 4.11. The molecule has 2 fully saturated rings. The second kappa shape index (κ2) is 9.43. The number of ether oxygens (including phenoxy) is 1. The Hall–Kier alpha value is -2.77. The van der Waals surface area contributed by atoms with Gasteiger partial charge in [0, 0.05) is 52.2 Å². The summed E-state index contributed by atoms with van der Waals surface area (Å²) >= 11 is 0. The van der Waals surface area contributed by atoms with Gasteiger partial charge in [-0.05, 0) is 25.0 Å². The van der Waals surface area contributed by atoms with Gasteiger partial charge in [0.25, 0.3) is 0 Å². The Balaban J connectivity index is 1.40. The minimum absolute atomic E-state index is 0.176. The molecule has 8 heteroatoms. The maximum atomic E-state index is 12.4. The second-order valence-electron chi connectivity index (χ2n) is 7.04. The Morgan fingerprint density at radius 3 is 2.54 bits per heavy atom. The monoisotopic (exact) mass is 388 g/mol. The SMILES string of the molecule is COc1ccccc1N1CCN(C(=O)C(=O)NCCCN2CCCC2=O)CC1. The van der Waals surface area contributed by atoms with Crippen LogP contribution in [-0.2, 0) is 14.4 Å². The number of benzene rings is 1. The highest BCUT2D eigenvalue weighted by Crippen LogP contribution is 2.28. The van der Waals surface area contributed by atoms with Crippen molar-refractivity contribution in [3.8, 4) is 5.75 Å². The molecule has 28 heavy (non-hydrogen) atoms. The lowest BCUT2D eigenvalue weighted by molar-refractivity contribution is -0.146. The minimum atomic E-state index is -0.571. The van der Waals surface area contributed by atoms with Crippen LogP contribution in [0.5, 0.6) is 5.75 Å². The molecule has 1 aromatic carbocycles. The highest BCUT2D eigenvalue weighted by molar-refractivity contribution is 6.35. The number of hydrogen-bond acceptors (Lipinski definition) is 5. The molecule has 0 aliphatic carbocycles. The Kier molecular flexibility index (Phi) is 6.73. The number of anilines is 1. The van der Waals surface area contributed by atoms with Crippen LogP contribution < -0.4 is 15.0 Å². The summed E-state index contributed by atoms with van der Waals surface area (Å²) in [6, 6.07) is 7.79. The lowest BCUT2D eigenvalue weighted by atomic mass is 10.2. The van der Waals surface area contributed by atoms with Gasteiger partial charge >= 0.3 is 11.8 Å². The third kappa shape index (κ3) is 4.74. The third-order valence-corrected chi connectivity index (χ3v) is 5.25. The summed E-state index contributed by atoms with van der Waals surface area (Å²) in [4.78, 5) is 41.6. The summed E-state index contributed by atoms with van der Waals surface area (Å²) < 4.78 is 5.40. The predicted octanol–water partition coefficient (Wildman–Crippen LogP) is 0.473. The molecule has 152 valence electrons. The predicted molar refractivity (Wildman–Crippen MR) is 105 cm³/mol. The van der Waals surface area contributed by atoms with E-state index >= 15 is 0 Å². The number of carbonyl (C=O) groups excluding carboxylic acids is 3. The van der Waals surface area contributed by atoms with Crippen molar-refractivity contribution in [3.63, 3.8) is 0 Å². The Morgan fingerprint density at radius 1 is 1.11 bits per heavy atom. The molecule has 3 amide bonds. The zero-order valence-corrected chi connectivity index (χ0v) is 16.4. The maximum absolute atomic E-state index is 12.4. The molecule has 0 spiro atoms. The van der Waals surface area contributed by atoms with Crippen LogP contribution in [0.3, 0.4) is 0 Å². The van der Waals surface area contributed by atoms with Crippen molar-refractivity contribution in [2.75, 3.05) is 57.8 Å². The molecule has 1 N–H and O–H groups in total. The number of nitrogens with zero attached hydrogens (tertiary/aromatic N) is 3. The molecular weight excluding hydrogens is 360 g/mol. The van der Waals surface area contributed by atoms with E-state index in [0.29, 0.717) is 52.1 Å². The average molecular weight is 388 g/mol. The molecule has 0 radical (unpaired) electrons. The van der Waals surface area contributed by atoms with Gasteiger partial charge in [0.1, 0.15) is 5.75 Å². The normalized spacial score (nSPS) is 17.0. The lowest BCUT2D eigenvalue weighted by Gasteiger charge is -2.36. The van der Waals surface area contributed by atoms with E-state index in [1.807, 2.05) is 29.2 Å². The van der Waals surface area contributed by atoms with Gasteiger partial charge in [0.2, 0.25) is 5.91 Å². The Labute approximate surface area is 165 Å². The molecule has 1 aromatic rings. The third-order valence-electron chi connectivity index (χ3n) is 5.25. The summed E-state index contributed by atoms with van der Waals surface area (Å²) in [7, 11) is 1.64. The molecule has 0 atom stereocenters. The van der Waals surface area contributed by atoms with Crippen molar-refractivity contribution in [2.45, 2.75) is 19.3 Å². The van der Waals surface area contributed by atoms with Gasteiger partial charge in [-0.3, -0.25) is 14.4 Å². The van der Waals surface area contributed by atoms with E-state index in [2.05, 4.69) is 10.2 Å². The first-order chi connectivity index (χ1) is 13.6. The van der Waals surface area contributed by atoms with E-state index in [1.165, 1.54) is 0 Å². The molecule has 2 aliphatic heterocycles. The van der Waals surface area contributed by atoms with Gasteiger partial charge in [-0.25, -0.2) is 0 Å². The van der Waals surface area contributed by atoms with Crippen molar-refractivity contribution in [1.82, 2.24) is 15.1 Å². The van der Waals surface area contributed by atoms with Crippen LogP contribution in [0.25, 0.3) is 0 Å². The van der Waals surface area contributed by atoms with Crippen molar-refractivity contribution in [1.29, 1.82) is 0 Å². The molecule has 2 heterocycles. The van der Waals surface area contributed by atoms with Crippen LogP contribution >= 0.6 is 0 Å². The smallest absolute Gasteiger partial charge is 0.312 e. The van der Waals surface area contributed by atoms with Gasteiger partial charge in [-0.15, -0.1) is 0 Å². The number of likely N-dealkylation sites (tertiary alicyclic amines) is 1. The van der Waals surface area contributed by atoms with Crippen LogP contribution in [0.1, 0.15) is 19.3 Å². The van der Waals surface area contributed by atoms with E-state index in [9.17, 15) is 14.4 Å². The van der Waals surface area contributed by atoms with Crippen molar-refractivity contribution in [3.05, 3.63) is 24.3 Å². The zero-order valence-electron chi connectivity index (χ0n) is 16.4. The van der Waals surface area contributed by atoms with E-state index in [4.69, 9.17) is 4.74 Å². The lowest BCUT2D eigenvalue weighted by Crippen LogP contribution is -2.52. The van der Waals surface area contributed by atoms with Gasteiger partial charge in [0.05, 0.1) is 12.8 Å². The molecule has 0 saturated carbocycles. The standard InChI is InChI=1S/C20H28N4O4/c1-28-17-7-3-2-6-16(17)22-12-14-24(15-13-22)20(27)19(26)21-9-5-11-23-10-4-8-18(23)25/h2-3,6-7H,4-5,8-15H2,1H3,(H,21,26). The number of carbonyl (C=O) groups is 3. The van der Waals surface area contributed by atoms with Crippen LogP contribution in [-0.4, -0.2) is 80.4 Å². The first kappa shape index (κ1) is 20.0. The van der Waals surface area contributed by atoms with Crippen LogP contribution in [0, 0.1) is 0 Å². The summed E-state index contributed by atoms with van der Waals surface area (Å²) in [5.41, 5.74) is 0.998. The molecular formula is C20H28N4O4. The van der Waals surface area contributed by atoms with E-state index in [-0.39, 0.29) is 5.91 Å². The molecule has 2 aliphatic rings. The van der Waals surface area contributed by atoms with Crippen molar-refractivity contribution >= 4 is 23.4 Å². The molecule has 3 rings (SSSR count). The first-order valence-corrected chi connectivity index (χ1v) is 9.83. The van der Waals surface area contributed by atoms with Crippen molar-refractivity contribution in [2.24, 2.45) is 0 Å². The van der Waals surface area contributed by atoms with E-state index < -0.39 is 11.8 Å². The largest absolute Gasteiger partial charge is 0.495 e. The van der Waals surface area contributed by atoms with Crippen LogP contribution in [0.2, 0.25) is 0 Å². The number of rotatable bonds is 6. The molecule has 8 nitrogen and oxygen atoms in total. The number of nitrogens with one attached hydrogen (secondary N) is 1.